The van der Waals surface area contributed by atoms with E-state index in [0.717, 1.165) is 0 Å². The SMILES string of the molecule is CC(Oc1ccccc1F)C(=O)NNC(=O)c1cccnc1. The van der Waals surface area contributed by atoms with Gasteiger partial charge < -0.3 is 4.74 Å². The molecule has 1 aromatic carbocycles. The molecule has 0 aliphatic carbocycles. The van der Waals surface area contributed by atoms with Gasteiger partial charge in [0.2, 0.25) is 0 Å². The van der Waals surface area contributed by atoms with E-state index < -0.39 is 23.7 Å². The number of para-hydroxylation sites is 1. The first-order chi connectivity index (χ1) is 10.6. The zero-order chi connectivity index (χ0) is 15.9. The van der Waals surface area contributed by atoms with E-state index >= 15 is 0 Å². The van der Waals surface area contributed by atoms with E-state index in [2.05, 4.69) is 15.8 Å². The van der Waals surface area contributed by atoms with Gasteiger partial charge in [-0.1, -0.05) is 12.1 Å². The lowest BCUT2D eigenvalue weighted by Crippen LogP contribution is -2.47. The summed E-state index contributed by atoms with van der Waals surface area (Å²) in [7, 11) is 0. The third kappa shape index (κ3) is 4.02. The van der Waals surface area contributed by atoms with Crippen molar-refractivity contribution in [3.05, 3.63) is 60.2 Å². The fraction of sp³-hybridized carbons (Fsp3) is 0.133. The minimum Gasteiger partial charge on any atom is -0.478 e. The summed E-state index contributed by atoms with van der Waals surface area (Å²) >= 11 is 0. The molecule has 0 bridgehead atoms. The third-order valence-electron chi connectivity index (χ3n) is 2.73. The molecule has 0 fully saturated rings. The lowest BCUT2D eigenvalue weighted by atomic mass is 10.3. The number of nitrogens with zero attached hydrogens (tertiary/aromatic N) is 1. The van der Waals surface area contributed by atoms with Gasteiger partial charge in [0.25, 0.3) is 11.8 Å². The number of carbonyl (C=O) groups excluding carboxylic acids is 2. The van der Waals surface area contributed by atoms with Crippen molar-refractivity contribution in [3.63, 3.8) is 0 Å². The molecule has 6 nitrogen and oxygen atoms in total. The number of aromatic nitrogens is 1. The minimum atomic E-state index is -0.980. The molecule has 1 heterocycles. The van der Waals surface area contributed by atoms with Gasteiger partial charge in [-0.15, -0.1) is 0 Å². The van der Waals surface area contributed by atoms with Crippen molar-refractivity contribution in [2.75, 3.05) is 0 Å². The molecule has 1 aromatic heterocycles. The number of hydrogen-bond acceptors (Lipinski definition) is 4. The summed E-state index contributed by atoms with van der Waals surface area (Å²) in [6.45, 7) is 1.44. The number of nitrogens with one attached hydrogen (secondary N) is 2. The molecule has 1 atom stereocenters. The van der Waals surface area contributed by atoms with Gasteiger partial charge in [-0.3, -0.25) is 25.4 Å². The maximum Gasteiger partial charge on any atom is 0.279 e. The van der Waals surface area contributed by atoms with Crippen LogP contribution in [0.15, 0.2) is 48.8 Å². The van der Waals surface area contributed by atoms with Crippen LogP contribution in [0.1, 0.15) is 17.3 Å². The summed E-state index contributed by atoms with van der Waals surface area (Å²) in [6, 6.07) is 8.89. The second-order valence-corrected chi connectivity index (χ2v) is 4.38. The van der Waals surface area contributed by atoms with E-state index in [4.69, 9.17) is 4.74 Å². The molecule has 0 aliphatic heterocycles. The molecule has 0 aliphatic rings. The Hall–Kier alpha value is -2.96. The lowest BCUT2D eigenvalue weighted by molar-refractivity contribution is -0.128. The first-order valence-electron chi connectivity index (χ1n) is 6.49. The molecule has 22 heavy (non-hydrogen) atoms. The third-order valence-corrected chi connectivity index (χ3v) is 2.73. The molecule has 2 rings (SSSR count). The summed E-state index contributed by atoms with van der Waals surface area (Å²) in [5.74, 6) is -1.73. The van der Waals surface area contributed by atoms with Crippen molar-refractivity contribution in [3.8, 4) is 5.75 Å². The highest BCUT2D eigenvalue weighted by Crippen LogP contribution is 2.16. The van der Waals surface area contributed by atoms with Crippen molar-refractivity contribution in [2.45, 2.75) is 13.0 Å². The number of benzene rings is 1. The van der Waals surface area contributed by atoms with Crippen molar-refractivity contribution < 1.29 is 18.7 Å². The largest absolute Gasteiger partial charge is 0.478 e. The number of hydrogen-bond donors (Lipinski definition) is 2. The molecule has 2 amide bonds. The summed E-state index contributed by atoms with van der Waals surface area (Å²) in [4.78, 5) is 27.3. The predicted octanol–water partition coefficient (Wildman–Crippen LogP) is 1.45. The van der Waals surface area contributed by atoms with Gasteiger partial charge in [0.05, 0.1) is 5.56 Å². The molecule has 7 heteroatoms. The van der Waals surface area contributed by atoms with Gasteiger partial charge in [0.1, 0.15) is 0 Å². The van der Waals surface area contributed by atoms with E-state index in [1.165, 1.54) is 37.5 Å². The highest BCUT2D eigenvalue weighted by atomic mass is 19.1. The fourth-order valence-corrected chi connectivity index (χ4v) is 1.57. The first-order valence-corrected chi connectivity index (χ1v) is 6.49. The van der Waals surface area contributed by atoms with Gasteiger partial charge in [-0.25, -0.2) is 4.39 Å². The van der Waals surface area contributed by atoms with Crippen LogP contribution < -0.4 is 15.6 Å². The quantitative estimate of drug-likeness (QED) is 0.838. The Morgan fingerprint density at radius 2 is 1.95 bits per heavy atom. The molecule has 2 N–H and O–H groups in total. The van der Waals surface area contributed by atoms with E-state index in [1.807, 2.05) is 0 Å². The molecular formula is C15H14FN3O3. The van der Waals surface area contributed by atoms with Crippen molar-refractivity contribution >= 4 is 11.8 Å². The highest BCUT2D eigenvalue weighted by Gasteiger charge is 2.17. The molecule has 1 unspecified atom stereocenters. The Balaban J connectivity index is 1.87. The van der Waals surface area contributed by atoms with E-state index in [-0.39, 0.29) is 5.75 Å². The van der Waals surface area contributed by atoms with Gasteiger partial charge in [-0.2, -0.15) is 0 Å². The van der Waals surface area contributed by atoms with E-state index in [9.17, 15) is 14.0 Å². The Kier molecular flexibility index (Phi) is 5.02. The molecule has 0 spiro atoms. The first kappa shape index (κ1) is 15.4. The fourth-order valence-electron chi connectivity index (χ4n) is 1.57. The maximum atomic E-state index is 13.4. The van der Waals surface area contributed by atoms with Crippen LogP contribution in [0, 0.1) is 5.82 Å². The smallest absolute Gasteiger partial charge is 0.279 e. The van der Waals surface area contributed by atoms with Gasteiger partial charge >= 0.3 is 0 Å². The average molecular weight is 303 g/mol. The van der Waals surface area contributed by atoms with Crippen LogP contribution in [-0.4, -0.2) is 22.9 Å². The van der Waals surface area contributed by atoms with Crippen molar-refractivity contribution in [1.82, 2.24) is 15.8 Å². The average Bonchev–Trinajstić information content (AvgIpc) is 2.55. The van der Waals surface area contributed by atoms with Crippen LogP contribution in [0.4, 0.5) is 4.39 Å². The number of rotatable bonds is 4. The van der Waals surface area contributed by atoms with Gasteiger partial charge in [0.15, 0.2) is 17.7 Å². The molecule has 0 saturated heterocycles. The minimum absolute atomic E-state index is 0.0382. The molecule has 114 valence electrons. The van der Waals surface area contributed by atoms with Crippen LogP contribution in [0.2, 0.25) is 0 Å². The summed E-state index contributed by atoms with van der Waals surface area (Å²) < 4.78 is 18.6. The number of carbonyl (C=O) groups is 2. The van der Waals surface area contributed by atoms with Gasteiger partial charge in [0, 0.05) is 12.4 Å². The standard InChI is InChI=1S/C15H14FN3O3/c1-10(22-13-7-3-2-6-12(13)16)14(20)18-19-15(21)11-5-4-8-17-9-11/h2-10H,1H3,(H,18,20)(H,19,21). The van der Waals surface area contributed by atoms with Crippen LogP contribution in [0.3, 0.4) is 0 Å². The zero-order valence-corrected chi connectivity index (χ0v) is 11.7. The second kappa shape index (κ2) is 7.16. The lowest BCUT2D eigenvalue weighted by Gasteiger charge is -2.15. The Labute approximate surface area is 126 Å². The summed E-state index contributed by atoms with van der Waals surface area (Å²) in [5, 5.41) is 0. The topological polar surface area (TPSA) is 80.3 Å². The maximum absolute atomic E-state index is 13.4. The van der Waals surface area contributed by atoms with Crippen LogP contribution >= 0.6 is 0 Å². The number of hydrazine groups is 1. The monoisotopic (exact) mass is 303 g/mol. The summed E-state index contributed by atoms with van der Waals surface area (Å²) in [6.07, 6.45) is 1.91. The second-order valence-electron chi connectivity index (χ2n) is 4.38. The zero-order valence-electron chi connectivity index (χ0n) is 11.7. The predicted molar refractivity (Wildman–Crippen MR) is 76.3 cm³/mol. The normalized spacial score (nSPS) is 11.4. The van der Waals surface area contributed by atoms with Gasteiger partial charge in [-0.05, 0) is 31.2 Å². The van der Waals surface area contributed by atoms with Crippen LogP contribution in [0.5, 0.6) is 5.75 Å². The Bertz CT molecular complexity index is 664. The summed E-state index contributed by atoms with van der Waals surface area (Å²) in [5.41, 5.74) is 4.73. The Morgan fingerprint density at radius 3 is 2.64 bits per heavy atom. The van der Waals surface area contributed by atoms with Crippen molar-refractivity contribution in [1.29, 1.82) is 0 Å². The van der Waals surface area contributed by atoms with Crippen LogP contribution in [-0.2, 0) is 4.79 Å². The number of amides is 2. The number of ether oxygens (including phenoxy) is 1. The number of pyridine rings is 1. The Morgan fingerprint density at radius 1 is 1.18 bits per heavy atom. The molecule has 0 radical (unpaired) electrons. The van der Waals surface area contributed by atoms with E-state index in [0.29, 0.717) is 5.56 Å². The van der Waals surface area contributed by atoms with Crippen molar-refractivity contribution in [2.24, 2.45) is 0 Å². The van der Waals surface area contributed by atoms with Crippen LogP contribution in [0.25, 0.3) is 0 Å². The molecular weight excluding hydrogens is 289 g/mol. The molecule has 0 saturated carbocycles. The number of halogens is 1. The molecule has 2 aromatic rings. The highest BCUT2D eigenvalue weighted by molar-refractivity contribution is 5.95. The van der Waals surface area contributed by atoms with E-state index in [1.54, 1.807) is 18.2 Å².